The van der Waals surface area contributed by atoms with Crippen LogP contribution in [0.3, 0.4) is 0 Å². The first-order valence-electron chi connectivity index (χ1n) is 4.46. The Balaban J connectivity index is 2.52. The summed E-state index contributed by atoms with van der Waals surface area (Å²) in [6, 6.07) is 0. The summed E-state index contributed by atoms with van der Waals surface area (Å²) < 4.78 is 0. The molecule has 0 N–H and O–H groups in total. The zero-order valence-corrected chi connectivity index (χ0v) is 7.43. The average Bonchev–Trinajstić information content (AvgIpc) is 1.93. The van der Waals surface area contributed by atoms with Crippen LogP contribution in [0.5, 0.6) is 0 Å². The van der Waals surface area contributed by atoms with Gasteiger partial charge in [-0.2, -0.15) is 0 Å². The Morgan fingerprint density at radius 3 is 2.10 bits per heavy atom. The highest BCUT2D eigenvalue weighted by atomic mass is 14.3. The summed E-state index contributed by atoms with van der Waals surface area (Å²) >= 11 is 0. The zero-order valence-electron chi connectivity index (χ0n) is 7.43. The molecule has 0 aromatic rings. The predicted octanol–water partition coefficient (Wildman–Crippen LogP) is 3.14. The minimum Gasteiger partial charge on any atom is -0.0622 e. The molecule has 4 atom stereocenters. The van der Waals surface area contributed by atoms with Gasteiger partial charge in [0.1, 0.15) is 0 Å². The summed E-state index contributed by atoms with van der Waals surface area (Å²) in [6.45, 7) is 11.2. The molecule has 0 amide bonds. The molecule has 0 heterocycles. The third-order valence-electron chi connectivity index (χ3n) is 3.46. The minimum absolute atomic E-state index is 0.714. The molecule has 10 heavy (non-hydrogen) atoms. The van der Waals surface area contributed by atoms with E-state index in [0.717, 1.165) is 17.8 Å². The molecule has 0 nitrogen and oxygen atoms in total. The standard InChI is InChI=1S/C10H19/c1-7-5-6-8(2)10(4)9(7)3/h7-10H,1,5-6H2,2-4H3. The van der Waals surface area contributed by atoms with Gasteiger partial charge in [0.25, 0.3) is 0 Å². The zero-order chi connectivity index (χ0) is 7.72. The van der Waals surface area contributed by atoms with Gasteiger partial charge in [-0.3, -0.25) is 0 Å². The van der Waals surface area contributed by atoms with Gasteiger partial charge in [0.05, 0.1) is 0 Å². The van der Waals surface area contributed by atoms with Gasteiger partial charge in [-0.25, -0.2) is 0 Å². The molecule has 1 saturated carbocycles. The molecule has 1 radical (unpaired) electrons. The van der Waals surface area contributed by atoms with Crippen LogP contribution < -0.4 is 0 Å². The van der Waals surface area contributed by atoms with Crippen molar-refractivity contribution >= 4 is 0 Å². The van der Waals surface area contributed by atoms with Crippen molar-refractivity contribution in [2.75, 3.05) is 0 Å². The molecule has 1 aliphatic rings. The van der Waals surface area contributed by atoms with Gasteiger partial charge in [0, 0.05) is 0 Å². The van der Waals surface area contributed by atoms with Crippen LogP contribution in [0, 0.1) is 30.6 Å². The van der Waals surface area contributed by atoms with Crippen LogP contribution in [-0.2, 0) is 0 Å². The Morgan fingerprint density at radius 2 is 1.60 bits per heavy atom. The molecule has 59 valence electrons. The van der Waals surface area contributed by atoms with Crippen LogP contribution in [0.2, 0.25) is 0 Å². The summed E-state index contributed by atoms with van der Waals surface area (Å²) in [4.78, 5) is 0. The lowest BCUT2D eigenvalue weighted by molar-refractivity contribution is 0.152. The summed E-state index contributed by atoms with van der Waals surface area (Å²) in [5.74, 6) is 3.36. The number of rotatable bonds is 0. The van der Waals surface area contributed by atoms with E-state index in [2.05, 4.69) is 27.7 Å². The average molecular weight is 139 g/mol. The topological polar surface area (TPSA) is 0 Å². The summed E-state index contributed by atoms with van der Waals surface area (Å²) in [7, 11) is 0. The fraction of sp³-hybridized carbons (Fsp3) is 0.900. The molecule has 0 aliphatic heterocycles. The van der Waals surface area contributed by atoms with Crippen LogP contribution in [-0.4, -0.2) is 0 Å². The molecule has 0 spiro atoms. The minimum atomic E-state index is 0.714. The van der Waals surface area contributed by atoms with E-state index in [-0.39, 0.29) is 0 Å². The fourth-order valence-corrected chi connectivity index (χ4v) is 1.95. The Morgan fingerprint density at radius 1 is 1.00 bits per heavy atom. The van der Waals surface area contributed by atoms with Crippen molar-refractivity contribution in [3.05, 3.63) is 6.92 Å². The van der Waals surface area contributed by atoms with Crippen LogP contribution >= 0.6 is 0 Å². The van der Waals surface area contributed by atoms with Gasteiger partial charge in [-0.1, -0.05) is 27.2 Å². The van der Waals surface area contributed by atoms with Crippen molar-refractivity contribution in [1.82, 2.24) is 0 Å². The van der Waals surface area contributed by atoms with Crippen molar-refractivity contribution < 1.29 is 0 Å². The van der Waals surface area contributed by atoms with Crippen LogP contribution in [0.4, 0.5) is 0 Å². The first kappa shape index (κ1) is 8.10. The second kappa shape index (κ2) is 2.94. The van der Waals surface area contributed by atoms with E-state index in [0.29, 0.717) is 5.92 Å². The quantitative estimate of drug-likeness (QED) is 0.483. The number of hydrogen-bond donors (Lipinski definition) is 0. The highest BCUT2D eigenvalue weighted by Gasteiger charge is 2.28. The van der Waals surface area contributed by atoms with Crippen molar-refractivity contribution in [2.45, 2.75) is 33.6 Å². The molecule has 1 aliphatic carbocycles. The van der Waals surface area contributed by atoms with E-state index in [4.69, 9.17) is 0 Å². The van der Waals surface area contributed by atoms with E-state index < -0.39 is 0 Å². The molecule has 4 unspecified atom stereocenters. The highest BCUT2D eigenvalue weighted by molar-refractivity contribution is 4.81. The molecule has 0 saturated heterocycles. The smallest absolute Gasteiger partial charge is 0.0386 e. The third kappa shape index (κ3) is 1.36. The maximum absolute atomic E-state index is 4.16. The first-order chi connectivity index (χ1) is 4.63. The Labute approximate surface area is 65.0 Å². The highest BCUT2D eigenvalue weighted by Crippen LogP contribution is 2.37. The van der Waals surface area contributed by atoms with Gasteiger partial charge < -0.3 is 0 Å². The largest absolute Gasteiger partial charge is 0.0622 e. The molecule has 0 aromatic carbocycles. The van der Waals surface area contributed by atoms with E-state index in [1.807, 2.05) is 0 Å². The van der Waals surface area contributed by atoms with Crippen molar-refractivity contribution in [1.29, 1.82) is 0 Å². The number of hydrogen-bond acceptors (Lipinski definition) is 0. The van der Waals surface area contributed by atoms with E-state index in [9.17, 15) is 0 Å². The predicted molar refractivity (Wildman–Crippen MR) is 45.6 cm³/mol. The molecule has 0 bridgehead atoms. The van der Waals surface area contributed by atoms with E-state index in [1.54, 1.807) is 0 Å². The molecule has 0 heteroatoms. The first-order valence-corrected chi connectivity index (χ1v) is 4.46. The van der Waals surface area contributed by atoms with Gasteiger partial charge >= 0.3 is 0 Å². The van der Waals surface area contributed by atoms with E-state index >= 15 is 0 Å². The van der Waals surface area contributed by atoms with Crippen molar-refractivity contribution in [3.8, 4) is 0 Å². The Hall–Kier alpha value is 0. The molecular weight excluding hydrogens is 120 g/mol. The van der Waals surface area contributed by atoms with Crippen LogP contribution in [0.1, 0.15) is 33.6 Å². The Bertz CT molecular complexity index is 92.6. The summed E-state index contributed by atoms with van der Waals surface area (Å²) in [5.41, 5.74) is 0. The van der Waals surface area contributed by atoms with Gasteiger partial charge in [-0.05, 0) is 37.0 Å². The molecule has 1 fully saturated rings. The molecule has 1 rings (SSSR count). The SMILES string of the molecule is [CH2]C1CCC(C)C(C)C1C. The summed E-state index contributed by atoms with van der Waals surface area (Å²) in [5, 5.41) is 0. The van der Waals surface area contributed by atoms with Gasteiger partial charge in [0.2, 0.25) is 0 Å². The van der Waals surface area contributed by atoms with E-state index in [1.165, 1.54) is 12.8 Å². The normalized spacial score (nSPS) is 49.2. The molecular formula is C10H19. The van der Waals surface area contributed by atoms with Gasteiger partial charge in [-0.15, -0.1) is 0 Å². The lowest BCUT2D eigenvalue weighted by Gasteiger charge is -2.36. The second-order valence-electron chi connectivity index (χ2n) is 4.03. The lowest BCUT2D eigenvalue weighted by Crippen LogP contribution is -2.28. The van der Waals surface area contributed by atoms with Crippen LogP contribution in [0.25, 0.3) is 0 Å². The van der Waals surface area contributed by atoms with Gasteiger partial charge in [0.15, 0.2) is 0 Å². The lowest BCUT2D eigenvalue weighted by atomic mass is 9.69. The Kier molecular flexibility index (Phi) is 2.38. The van der Waals surface area contributed by atoms with Crippen molar-refractivity contribution in [2.24, 2.45) is 23.7 Å². The monoisotopic (exact) mass is 139 g/mol. The maximum Gasteiger partial charge on any atom is -0.0386 e. The fourth-order valence-electron chi connectivity index (χ4n) is 1.95. The van der Waals surface area contributed by atoms with Crippen LogP contribution in [0.15, 0.2) is 0 Å². The second-order valence-corrected chi connectivity index (χ2v) is 4.03. The molecule has 0 aromatic heterocycles. The maximum atomic E-state index is 4.16. The van der Waals surface area contributed by atoms with Crippen molar-refractivity contribution in [3.63, 3.8) is 0 Å². The summed E-state index contributed by atoms with van der Waals surface area (Å²) in [6.07, 6.45) is 2.73. The third-order valence-corrected chi connectivity index (χ3v) is 3.46.